The van der Waals surface area contributed by atoms with Crippen molar-refractivity contribution in [3.05, 3.63) is 93.5 Å². The maximum atomic E-state index is 12.4. The van der Waals surface area contributed by atoms with Gasteiger partial charge in [-0.15, -0.1) is 5.10 Å². The average molecular weight is 399 g/mol. The molecule has 0 aliphatic rings. The summed E-state index contributed by atoms with van der Waals surface area (Å²) in [5.41, 5.74) is 2.34. The number of nitriles is 1. The Kier molecular flexibility index (Phi) is 4.88. The molecular formula is C21H13N5O4. The Bertz CT molecular complexity index is 1310. The fraction of sp³-hybridized carbons (Fsp3) is 0.0476. The van der Waals surface area contributed by atoms with Crippen LogP contribution < -0.4 is 0 Å². The summed E-state index contributed by atoms with van der Waals surface area (Å²) in [7, 11) is 0. The van der Waals surface area contributed by atoms with E-state index in [0.29, 0.717) is 22.2 Å². The maximum Gasteiger partial charge on any atom is 0.338 e. The van der Waals surface area contributed by atoms with Crippen molar-refractivity contribution in [1.82, 2.24) is 15.0 Å². The smallest absolute Gasteiger partial charge is 0.338 e. The first kappa shape index (κ1) is 18.8. The predicted octanol–water partition coefficient (Wildman–Crippen LogP) is 3.56. The van der Waals surface area contributed by atoms with E-state index in [1.165, 1.54) is 16.8 Å². The van der Waals surface area contributed by atoms with Crippen molar-refractivity contribution < 1.29 is 14.5 Å². The molecule has 30 heavy (non-hydrogen) atoms. The molecule has 0 saturated heterocycles. The third-order valence-electron chi connectivity index (χ3n) is 4.44. The summed E-state index contributed by atoms with van der Waals surface area (Å²) < 4.78 is 6.60. The molecule has 0 bridgehead atoms. The third kappa shape index (κ3) is 3.57. The van der Waals surface area contributed by atoms with Crippen LogP contribution in [0.1, 0.15) is 21.5 Å². The number of carbonyl (C=O) groups excluding carboxylic acids is 1. The van der Waals surface area contributed by atoms with Gasteiger partial charge in [-0.2, -0.15) is 5.26 Å². The molecule has 0 atom stereocenters. The number of nitro benzene ring substituents is 1. The van der Waals surface area contributed by atoms with Crippen molar-refractivity contribution in [1.29, 1.82) is 5.26 Å². The molecule has 1 heterocycles. The number of esters is 1. The largest absolute Gasteiger partial charge is 0.457 e. The van der Waals surface area contributed by atoms with Crippen molar-refractivity contribution in [3.8, 4) is 11.8 Å². The van der Waals surface area contributed by atoms with Gasteiger partial charge in [0.25, 0.3) is 5.69 Å². The number of para-hydroxylation sites is 1. The van der Waals surface area contributed by atoms with Crippen LogP contribution in [-0.2, 0) is 11.3 Å². The van der Waals surface area contributed by atoms with Crippen LogP contribution in [0.4, 0.5) is 5.69 Å². The molecule has 0 saturated carbocycles. The standard InChI is InChI=1S/C21H13N5O4/c22-12-14-5-7-15(8-6-14)13-30-21(27)16-9-10-19(20(11-16)26(28)29)25-18-4-2-1-3-17(18)23-24-25/h1-11H,13H2. The van der Waals surface area contributed by atoms with E-state index in [0.717, 1.165) is 6.07 Å². The Morgan fingerprint density at radius 3 is 2.63 bits per heavy atom. The second kappa shape index (κ2) is 7.81. The average Bonchev–Trinajstić information content (AvgIpc) is 3.21. The molecule has 0 fully saturated rings. The van der Waals surface area contributed by atoms with Gasteiger partial charge in [0.1, 0.15) is 17.8 Å². The van der Waals surface area contributed by atoms with Gasteiger partial charge in [-0.3, -0.25) is 10.1 Å². The van der Waals surface area contributed by atoms with Crippen LogP contribution in [0.25, 0.3) is 16.7 Å². The topological polar surface area (TPSA) is 124 Å². The first-order chi connectivity index (χ1) is 14.6. The van der Waals surface area contributed by atoms with E-state index in [4.69, 9.17) is 10.00 Å². The summed E-state index contributed by atoms with van der Waals surface area (Å²) in [4.78, 5) is 23.4. The van der Waals surface area contributed by atoms with Gasteiger partial charge < -0.3 is 4.74 Å². The van der Waals surface area contributed by atoms with Gasteiger partial charge in [0.2, 0.25) is 0 Å². The molecule has 0 aliphatic heterocycles. The maximum absolute atomic E-state index is 12.4. The van der Waals surface area contributed by atoms with E-state index in [-0.39, 0.29) is 23.5 Å². The van der Waals surface area contributed by atoms with Crippen molar-refractivity contribution >= 4 is 22.7 Å². The number of hydrogen-bond acceptors (Lipinski definition) is 7. The second-order valence-corrected chi connectivity index (χ2v) is 6.34. The molecule has 4 rings (SSSR count). The molecule has 0 aliphatic carbocycles. The van der Waals surface area contributed by atoms with Crippen LogP contribution in [0.15, 0.2) is 66.7 Å². The van der Waals surface area contributed by atoms with Gasteiger partial charge in [0.15, 0.2) is 0 Å². The van der Waals surface area contributed by atoms with E-state index in [9.17, 15) is 14.9 Å². The quantitative estimate of drug-likeness (QED) is 0.285. The lowest BCUT2D eigenvalue weighted by atomic mass is 10.1. The molecule has 1 aromatic heterocycles. The van der Waals surface area contributed by atoms with Gasteiger partial charge in [-0.1, -0.05) is 29.5 Å². The normalized spacial score (nSPS) is 10.5. The Balaban J connectivity index is 1.60. The lowest BCUT2D eigenvalue weighted by Crippen LogP contribution is -2.08. The highest BCUT2D eigenvalue weighted by molar-refractivity contribution is 5.91. The zero-order chi connectivity index (χ0) is 21.1. The Labute approximate surface area is 169 Å². The van der Waals surface area contributed by atoms with Crippen LogP contribution >= 0.6 is 0 Å². The third-order valence-corrected chi connectivity index (χ3v) is 4.44. The minimum atomic E-state index is -0.697. The first-order valence-electron chi connectivity index (χ1n) is 8.82. The summed E-state index contributed by atoms with van der Waals surface area (Å²) in [6, 6.07) is 19.7. The molecule has 0 unspecified atom stereocenters. The number of nitrogens with zero attached hydrogens (tertiary/aromatic N) is 5. The molecule has 4 aromatic rings. The fourth-order valence-electron chi connectivity index (χ4n) is 2.93. The highest BCUT2D eigenvalue weighted by atomic mass is 16.6. The van der Waals surface area contributed by atoms with E-state index >= 15 is 0 Å². The molecule has 9 nitrogen and oxygen atoms in total. The highest BCUT2D eigenvalue weighted by Gasteiger charge is 2.21. The van der Waals surface area contributed by atoms with Crippen LogP contribution in [0.2, 0.25) is 0 Å². The van der Waals surface area contributed by atoms with Crippen LogP contribution in [0, 0.1) is 21.4 Å². The Hall–Kier alpha value is -4.58. The summed E-state index contributed by atoms with van der Waals surface area (Å²) in [6.45, 7) is -0.0200. The molecule has 0 amide bonds. The number of fused-ring (bicyclic) bond motifs is 1. The Morgan fingerprint density at radius 2 is 1.90 bits per heavy atom. The first-order valence-corrected chi connectivity index (χ1v) is 8.82. The summed E-state index contributed by atoms with van der Waals surface area (Å²) >= 11 is 0. The Morgan fingerprint density at radius 1 is 1.13 bits per heavy atom. The fourth-order valence-corrected chi connectivity index (χ4v) is 2.93. The molecule has 9 heteroatoms. The predicted molar refractivity (Wildman–Crippen MR) is 106 cm³/mol. The van der Waals surface area contributed by atoms with Gasteiger partial charge in [-0.25, -0.2) is 9.48 Å². The van der Waals surface area contributed by atoms with Crippen molar-refractivity contribution in [2.45, 2.75) is 6.61 Å². The van der Waals surface area contributed by atoms with Crippen LogP contribution in [0.3, 0.4) is 0 Å². The lowest BCUT2D eigenvalue weighted by Gasteiger charge is -2.08. The van der Waals surface area contributed by atoms with E-state index < -0.39 is 10.9 Å². The number of benzene rings is 3. The summed E-state index contributed by atoms with van der Waals surface area (Å²) in [5.74, 6) is -0.697. The van der Waals surface area contributed by atoms with Gasteiger partial charge in [-0.05, 0) is 42.0 Å². The highest BCUT2D eigenvalue weighted by Crippen LogP contribution is 2.27. The molecule has 146 valence electrons. The van der Waals surface area contributed by atoms with E-state index in [2.05, 4.69) is 10.3 Å². The molecule has 3 aromatic carbocycles. The number of aromatic nitrogens is 3. The van der Waals surface area contributed by atoms with E-state index in [1.807, 2.05) is 6.07 Å². The zero-order valence-corrected chi connectivity index (χ0v) is 15.4. The molecule has 0 N–H and O–H groups in total. The van der Waals surface area contributed by atoms with Gasteiger partial charge in [0, 0.05) is 6.07 Å². The number of rotatable bonds is 5. The van der Waals surface area contributed by atoms with Gasteiger partial charge in [0.05, 0.1) is 27.6 Å². The van der Waals surface area contributed by atoms with Crippen LogP contribution in [-0.4, -0.2) is 25.9 Å². The second-order valence-electron chi connectivity index (χ2n) is 6.34. The molecule has 0 spiro atoms. The monoisotopic (exact) mass is 399 g/mol. The summed E-state index contributed by atoms with van der Waals surface area (Å²) in [6.07, 6.45) is 0. The van der Waals surface area contributed by atoms with Crippen molar-refractivity contribution in [2.24, 2.45) is 0 Å². The van der Waals surface area contributed by atoms with E-state index in [1.54, 1.807) is 48.5 Å². The number of carbonyl (C=O) groups is 1. The lowest BCUT2D eigenvalue weighted by molar-refractivity contribution is -0.384. The molecular weight excluding hydrogens is 386 g/mol. The SMILES string of the molecule is N#Cc1ccc(COC(=O)c2ccc(-n3nnc4ccccc43)c([N+](=O)[O-])c2)cc1. The van der Waals surface area contributed by atoms with Crippen LogP contribution in [0.5, 0.6) is 0 Å². The minimum absolute atomic E-state index is 0.0200. The van der Waals surface area contributed by atoms with Crippen molar-refractivity contribution in [2.75, 3.05) is 0 Å². The van der Waals surface area contributed by atoms with Crippen molar-refractivity contribution in [3.63, 3.8) is 0 Å². The molecule has 0 radical (unpaired) electrons. The van der Waals surface area contributed by atoms with Gasteiger partial charge >= 0.3 is 5.97 Å². The number of nitro groups is 1. The number of ether oxygens (including phenoxy) is 1. The zero-order valence-electron chi connectivity index (χ0n) is 15.4. The minimum Gasteiger partial charge on any atom is -0.457 e. The summed E-state index contributed by atoms with van der Waals surface area (Å²) in [5, 5.41) is 28.5. The number of hydrogen-bond donors (Lipinski definition) is 0.